The lowest BCUT2D eigenvalue weighted by atomic mass is 10.1. The maximum Gasteiger partial charge on any atom is 0.144 e. The highest BCUT2D eigenvalue weighted by atomic mass is 79.9. The van der Waals surface area contributed by atoms with Crippen molar-refractivity contribution < 1.29 is 4.74 Å². The van der Waals surface area contributed by atoms with Gasteiger partial charge in [0.25, 0.3) is 0 Å². The first-order chi connectivity index (χ1) is 6.77. The Morgan fingerprint density at radius 2 is 2.50 bits per heavy atom. The SMILES string of the molecule is CC1OCCC1Nc1ncncc1Br. The van der Waals surface area contributed by atoms with Gasteiger partial charge in [0.1, 0.15) is 12.1 Å². The Labute approximate surface area is 91.2 Å². The van der Waals surface area contributed by atoms with Crippen LogP contribution >= 0.6 is 15.9 Å². The Kier molecular flexibility index (Phi) is 2.98. The van der Waals surface area contributed by atoms with Crippen molar-refractivity contribution in [1.82, 2.24) is 9.97 Å². The van der Waals surface area contributed by atoms with Crippen LogP contribution in [-0.2, 0) is 4.74 Å². The van der Waals surface area contributed by atoms with Crippen molar-refractivity contribution >= 4 is 21.7 Å². The minimum Gasteiger partial charge on any atom is -0.376 e. The van der Waals surface area contributed by atoms with Crippen molar-refractivity contribution in [2.24, 2.45) is 0 Å². The van der Waals surface area contributed by atoms with E-state index in [-0.39, 0.29) is 6.10 Å². The number of rotatable bonds is 2. The van der Waals surface area contributed by atoms with E-state index in [0.29, 0.717) is 6.04 Å². The third-order valence-electron chi connectivity index (χ3n) is 2.37. The molecule has 1 aliphatic heterocycles. The second-order valence-corrected chi connectivity index (χ2v) is 4.19. The number of aromatic nitrogens is 2. The Bertz CT molecular complexity index is 321. The number of nitrogens with zero attached hydrogens (tertiary/aromatic N) is 2. The fourth-order valence-electron chi connectivity index (χ4n) is 1.52. The van der Waals surface area contributed by atoms with Crippen LogP contribution in [0.4, 0.5) is 5.82 Å². The summed E-state index contributed by atoms with van der Waals surface area (Å²) in [6, 6.07) is 0.348. The van der Waals surface area contributed by atoms with Gasteiger partial charge in [-0.25, -0.2) is 9.97 Å². The van der Waals surface area contributed by atoms with Crippen LogP contribution in [0, 0.1) is 0 Å². The molecule has 76 valence electrons. The summed E-state index contributed by atoms with van der Waals surface area (Å²) in [5.41, 5.74) is 0. The summed E-state index contributed by atoms with van der Waals surface area (Å²) < 4.78 is 6.34. The molecule has 0 saturated carbocycles. The van der Waals surface area contributed by atoms with Crippen molar-refractivity contribution in [1.29, 1.82) is 0 Å². The topological polar surface area (TPSA) is 47.0 Å². The number of nitrogens with one attached hydrogen (secondary N) is 1. The predicted octanol–water partition coefficient (Wildman–Crippen LogP) is 1.83. The fourth-order valence-corrected chi connectivity index (χ4v) is 1.85. The Balaban J connectivity index is 2.07. The largest absolute Gasteiger partial charge is 0.376 e. The van der Waals surface area contributed by atoms with E-state index in [4.69, 9.17) is 4.74 Å². The molecule has 1 aromatic heterocycles. The van der Waals surface area contributed by atoms with Crippen LogP contribution in [0.3, 0.4) is 0 Å². The molecular weight excluding hydrogens is 246 g/mol. The number of hydrogen-bond donors (Lipinski definition) is 1. The van der Waals surface area contributed by atoms with Crippen LogP contribution in [0.15, 0.2) is 17.0 Å². The highest BCUT2D eigenvalue weighted by Crippen LogP contribution is 2.22. The van der Waals surface area contributed by atoms with E-state index in [9.17, 15) is 0 Å². The van der Waals surface area contributed by atoms with Gasteiger partial charge >= 0.3 is 0 Å². The first kappa shape index (κ1) is 9.86. The summed E-state index contributed by atoms with van der Waals surface area (Å²) in [5.74, 6) is 0.836. The molecule has 0 bridgehead atoms. The zero-order valence-electron chi connectivity index (χ0n) is 7.90. The summed E-state index contributed by atoms with van der Waals surface area (Å²) in [5, 5.41) is 3.34. The summed E-state index contributed by atoms with van der Waals surface area (Å²) in [6.07, 6.45) is 4.54. The van der Waals surface area contributed by atoms with Gasteiger partial charge in [-0.1, -0.05) is 0 Å². The van der Waals surface area contributed by atoms with Gasteiger partial charge in [-0.05, 0) is 29.3 Å². The van der Waals surface area contributed by atoms with Gasteiger partial charge in [-0.15, -0.1) is 0 Å². The minimum absolute atomic E-state index is 0.247. The van der Waals surface area contributed by atoms with E-state index < -0.39 is 0 Å². The van der Waals surface area contributed by atoms with E-state index >= 15 is 0 Å². The molecule has 1 aromatic rings. The number of hydrogen-bond acceptors (Lipinski definition) is 4. The summed E-state index contributed by atoms with van der Waals surface area (Å²) in [7, 11) is 0. The van der Waals surface area contributed by atoms with Gasteiger partial charge in [0.05, 0.1) is 16.6 Å². The third kappa shape index (κ3) is 2.04. The molecule has 0 spiro atoms. The van der Waals surface area contributed by atoms with Crippen LogP contribution in [0.2, 0.25) is 0 Å². The predicted molar refractivity (Wildman–Crippen MR) is 57.2 cm³/mol. The maximum absolute atomic E-state index is 5.46. The average molecular weight is 258 g/mol. The van der Waals surface area contributed by atoms with E-state index in [2.05, 4.69) is 38.1 Å². The average Bonchev–Trinajstić information content (AvgIpc) is 2.56. The van der Waals surface area contributed by atoms with Gasteiger partial charge in [0, 0.05) is 12.8 Å². The van der Waals surface area contributed by atoms with Crippen LogP contribution in [0.25, 0.3) is 0 Å². The molecule has 2 unspecified atom stereocenters. The fraction of sp³-hybridized carbons (Fsp3) is 0.556. The molecule has 4 nitrogen and oxygen atoms in total. The standard InChI is InChI=1S/C9H12BrN3O/c1-6-8(2-3-14-6)13-9-7(10)4-11-5-12-9/h4-6,8H,2-3H2,1H3,(H,11,12,13). The molecule has 5 heteroatoms. The monoisotopic (exact) mass is 257 g/mol. The van der Waals surface area contributed by atoms with E-state index in [1.54, 1.807) is 6.20 Å². The first-order valence-corrected chi connectivity index (χ1v) is 5.40. The molecule has 1 saturated heterocycles. The molecule has 1 aliphatic rings. The van der Waals surface area contributed by atoms with Crippen molar-refractivity contribution in [2.45, 2.75) is 25.5 Å². The highest BCUT2D eigenvalue weighted by Gasteiger charge is 2.24. The zero-order valence-corrected chi connectivity index (χ0v) is 9.49. The Hall–Kier alpha value is -0.680. The number of ether oxygens (including phenoxy) is 1. The normalized spacial score (nSPS) is 26.4. The molecule has 1 N–H and O–H groups in total. The lowest BCUT2D eigenvalue weighted by Gasteiger charge is -2.16. The van der Waals surface area contributed by atoms with Crippen molar-refractivity contribution in [2.75, 3.05) is 11.9 Å². The molecule has 14 heavy (non-hydrogen) atoms. The van der Waals surface area contributed by atoms with E-state index in [1.807, 2.05) is 0 Å². The minimum atomic E-state index is 0.247. The summed E-state index contributed by atoms with van der Waals surface area (Å²) in [6.45, 7) is 2.89. The molecular formula is C9H12BrN3O. The van der Waals surface area contributed by atoms with Crippen LogP contribution < -0.4 is 5.32 Å². The summed E-state index contributed by atoms with van der Waals surface area (Å²) >= 11 is 3.40. The lowest BCUT2D eigenvalue weighted by Crippen LogP contribution is -2.27. The first-order valence-electron chi connectivity index (χ1n) is 4.61. The van der Waals surface area contributed by atoms with Gasteiger partial charge in [-0.3, -0.25) is 0 Å². The van der Waals surface area contributed by atoms with Crippen LogP contribution in [0.5, 0.6) is 0 Å². The van der Waals surface area contributed by atoms with Gasteiger partial charge in [0.2, 0.25) is 0 Å². The molecule has 0 aromatic carbocycles. The Morgan fingerprint density at radius 3 is 3.14 bits per heavy atom. The molecule has 2 heterocycles. The quantitative estimate of drug-likeness (QED) is 0.879. The van der Waals surface area contributed by atoms with Gasteiger partial charge < -0.3 is 10.1 Å². The number of anilines is 1. The molecule has 0 aliphatic carbocycles. The molecule has 2 rings (SSSR count). The number of halogens is 1. The third-order valence-corrected chi connectivity index (χ3v) is 2.95. The molecule has 2 atom stereocenters. The van der Waals surface area contributed by atoms with E-state index in [0.717, 1.165) is 23.3 Å². The zero-order chi connectivity index (χ0) is 9.97. The summed E-state index contributed by atoms with van der Waals surface area (Å²) in [4.78, 5) is 8.06. The Morgan fingerprint density at radius 1 is 1.64 bits per heavy atom. The smallest absolute Gasteiger partial charge is 0.144 e. The second-order valence-electron chi connectivity index (χ2n) is 3.33. The van der Waals surface area contributed by atoms with Crippen molar-refractivity contribution in [3.63, 3.8) is 0 Å². The molecule has 1 fully saturated rings. The van der Waals surface area contributed by atoms with Crippen molar-refractivity contribution in [3.05, 3.63) is 17.0 Å². The molecule has 0 amide bonds. The highest BCUT2D eigenvalue weighted by molar-refractivity contribution is 9.10. The lowest BCUT2D eigenvalue weighted by molar-refractivity contribution is 0.121. The molecule has 0 radical (unpaired) electrons. The maximum atomic E-state index is 5.46. The van der Waals surface area contributed by atoms with E-state index in [1.165, 1.54) is 6.33 Å². The van der Waals surface area contributed by atoms with Crippen LogP contribution in [-0.4, -0.2) is 28.7 Å². The second kappa shape index (κ2) is 4.23. The van der Waals surface area contributed by atoms with Crippen LogP contribution in [0.1, 0.15) is 13.3 Å². The van der Waals surface area contributed by atoms with Gasteiger partial charge in [0.15, 0.2) is 0 Å². The van der Waals surface area contributed by atoms with Gasteiger partial charge in [-0.2, -0.15) is 0 Å². The van der Waals surface area contributed by atoms with Crippen molar-refractivity contribution in [3.8, 4) is 0 Å².